The van der Waals surface area contributed by atoms with E-state index in [9.17, 15) is 0 Å². The van der Waals surface area contributed by atoms with E-state index in [0.717, 1.165) is 16.3 Å². The van der Waals surface area contributed by atoms with Gasteiger partial charge in [0.1, 0.15) is 0 Å². The summed E-state index contributed by atoms with van der Waals surface area (Å²) in [4.78, 5) is 0. The zero-order valence-corrected chi connectivity index (χ0v) is 6.54. The van der Waals surface area contributed by atoms with Crippen molar-refractivity contribution in [3.05, 3.63) is 48.0 Å². The second-order valence-corrected chi connectivity index (χ2v) is 2.58. The van der Waals surface area contributed by atoms with Crippen LogP contribution in [0.15, 0.2) is 36.4 Å². The Bertz CT molecular complexity index is 442. The molecule has 0 saturated heterocycles. The van der Waals surface area contributed by atoms with Crippen LogP contribution in [0.4, 0.5) is 0 Å². The average Bonchev–Trinajstić information content (AvgIpc) is 2.17. The van der Waals surface area contributed by atoms with Gasteiger partial charge in [-0.15, -0.1) is 6.42 Å². The van der Waals surface area contributed by atoms with E-state index in [4.69, 9.17) is 6.42 Å². The summed E-state index contributed by atoms with van der Waals surface area (Å²) >= 11 is 0. The summed E-state index contributed by atoms with van der Waals surface area (Å²) < 4.78 is 0. The molecule has 0 bridgehead atoms. The Kier molecular flexibility index (Phi) is 1.57. The third-order valence-corrected chi connectivity index (χ3v) is 1.86. The minimum Gasteiger partial charge on any atom is -0.115 e. The molecule has 0 aromatic heterocycles. The van der Waals surface area contributed by atoms with Crippen LogP contribution in [0.5, 0.6) is 0 Å². The van der Waals surface area contributed by atoms with Crippen LogP contribution in [0.25, 0.3) is 10.8 Å². The SMILES string of the molecule is C#Cc1cc[c]c2ccccc12. The van der Waals surface area contributed by atoms with Crippen LogP contribution in [-0.4, -0.2) is 0 Å². The summed E-state index contributed by atoms with van der Waals surface area (Å²) in [5, 5.41) is 2.18. The Balaban J connectivity index is 2.91. The summed E-state index contributed by atoms with van der Waals surface area (Å²) in [6.45, 7) is 0. The van der Waals surface area contributed by atoms with Gasteiger partial charge in [-0.05, 0) is 22.9 Å². The molecule has 0 aliphatic rings. The van der Waals surface area contributed by atoms with Gasteiger partial charge in [0.25, 0.3) is 0 Å². The Morgan fingerprint density at radius 2 is 2.00 bits per heavy atom. The van der Waals surface area contributed by atoms with Crippen LogP contribution in [0, 0.1) is 18.4 Å². The Labute approximate surface area is 71.8 Å². The van der Waals surface area contributed by atoms with Crippen molar-refractivity contribution in [1.29, 1.82) is 0 Å². The normalized spacial score (nSPS) is 9.58. The van der Waals surface area contributed by atoms with Gasteiger partial charge in [-0.25, -0.2) is 0 Å². The van der Waals surface area contributed by atoms with Crippen LogP contribution >= 0.6 is 0 Å². The molecule has 0 N–H and O–H groups in total. The molecular formula is C12H7. The van der Waals surface area contributed by atoms with Gasteiger partial charge in [0, 0.05) is 5.56 Å². The predicted molar refractivity (Wildman–Crippen MR) is 50.7 cm³/mol. The molecule has 0 fully saturated rings. The first-order valence-corrected chi connectivity index (χ1v) is 3.78. The van der Waals surface area contributed by atoms with Gasteiger partial charge in [-0.2, -0.15) is 0 Å². The molecule has 2 rings (SSSR count). The Hall–Kier alpha value is -1.74. The minimum absolute atomic E-state index is 0.935. The van der Waals surface area contributed by atoms with Crippen LogP contribution in [0.2, 0.25) is 0 Å². The lowest BCUT2D eigenvalue weighted by molar-refractivity contribution is 1.70. The van der Waals surface area contributed by atoms with Crippen LogP contribution in [0.3, 0.4) is 0 Å². The van der Waals surface area contributed by atoms with Crippen molar-refractivity contribution in [3.8, 4) is 12.3 Å². The highest BCUT2D eigenvalue weighted by Crippen LogP contribution is 2.16. The lowest BCUT2D eigenvalue weighted by Gasteiger charge is -1.97. The molecule has 0 heteroatoms. The molecule has 1 radical (unpaired) electrons. The van der Waals surface area contributed by atoms with Crippen LogP contribution in [0.1, 0.15) is 5.56 Å². The molecule has 0 aliphatic heterocycles. The molecule has 0 heterocycles. The van der Waals surface area contributed by atoms with Crippen molar-refractivity contribution in [3.63, 3.8) is 0 Å². The summed E-state index contributed by atoms with van der Waals surface area (Å²) in [5.41, 5.74) is 0.935. The number of hydrogen-bond acceptors (Lipinski definition) is 0. The molecule has 12 heavy (non-hydrogen) atoms. The van der Waals surface area contributed by atoms with Crippen molar-refractivity contribution >= 4 is 10.8 Å². The lowest BCUT2D eigenvalue weighted by Crippen LogP contribution is -1.77. The fourth-order valence-corrected chi connectivity index (χ4v) is 1.27. The topological polar surface area (TPSA) is 0 Å². The van der Waals surface area contributed by atoms with Crippen molar-refractivity contribution in [1.82, 2.24) is 0 Å². The van der Waals surface area contributed by atoms with Crippen molar-refractivity contribution < 1.29 is 0 Å². The summed E-state index contributed by atoms with van der Waals surface area (Å²) in [5.74, 6) is 2.65. The first-order chi connectivity index (χ1) is 5.92. The second-order valence-electron chi connectivity index (χ2n) is 2.58. The maximum absolute atomic E-state index is 5.35. The molecule has 0 spiro atoms. The minimum atomic E-state index is 0.935. The zero-order valence-electron chi connectivity index (χ0n) is 6.54. The molecule has 0 nitrogen and oxygen atoms in total. The fraction of sp³-hybridized carbons (Fsp3) is 0. The van der Waals surface area contributed by atoms with E-state index >= 15 is 0 Å². The Morgan fingerprint density at radius 1 is 1.17 bits per heavy atom. The Morgan fingerprint density at radius 3 is 2.83 bits per heavy atom. The van der Waals surface area contributed by atoms with E-state index < -0.39 is 0 Å². The third kappa shape index (κ3) is 0.963. The van der Waals surface area contributed by atoms with Gasteiger partial charge in [-0.1, -0.05) is 36.3 Å². The van der Waals surface area contributed by atoms with Gasteiger partial charge in [0.15, 0.2) is 0 Å². The van der Waals surface area contributed by atoms with E-state index in [1.54, 1.807) is 0 Å². The van der Waals surface area contributed by atoms with E-state index in [1.807, 2.05) is 36.4 Å². The number of fused-ring (bicyclic) bond motifs is 1. The zero-order chi connectivity index (χ0) is 8.39. The summed E-state index contributed by atoms with van der Waals surface area (Å²) in [6.07, 6.45) is 5.35. The molecule has 0 aliphatic carbocycles. The first kappa shape index (κ1) is 6.94. The number of terminal acetylenes is 1. The first-order valence-electron chi connectivity index (χ1n) is 3.78. The number of benzene rings is 2. The maximum Gasteiger partial charge on any atom is 0.0321 e. The highest BCUT2D eigenvalue weighted by molar-refractivity contribution is 5.87. The highest BCUT2D eigenvalue weighted by atomic mass is 14.0. The smallest absolute Gasteiger partial charge is 0.0321 e. The second kappa shape index (κ2) is 2.71. The van der Waals surface area contributed by atoms with E-state index in [2.05, 4.69) is 12.0 Å². The van der Waals surface area contributed by atoms with E-state index in [0.29, 0.717) is 0 Å². The maximum atomic E-state index is 5.35. The van der Waals surface area contributed by atoms with Gasteiger partial charge in [0.2, 0.25) is 0 Å². The van der Waals surface area contributed by atoms with Crippen molar-refractivity contribution in [2.45, 2.75) is 0 Å². The predicted octanol–water partition coefficient (Wildman–Crippen LogP) is 2.62. The van der Waals surface area contributed by atoms with Gasteiger partial charge in [0.05, 0.1) is 0 Å². The third-order valence-electron chi connectivity index (χ3n) is 1.86. The van der Waals surface area contributed by atoms with Crippen LogP contribution in [-0.2, 0) is 0 Å². The molecule has 2 aromatic rings. The van der Waals surface area contributed by atoms with Crippen molar-refractivity contribution in [2.75, 3.05) is 0 Å². The van der Waals surface area contributed by atoms with Crippen LogP contribution < -0.4 is 0 Å². The molecule has 0 unspecified atom stereocenters. The lowest BCUT2D eigenvalue weighted by atomic mass is 10.1. The fourth-order valence-electron chi connectivity index (χ4n) is 1.27. The largest absolute Gasteiger partial charge is 0.115 e. The highest BCUT2D eigenvalue weighted by Gasteiger charge is 1.94. The van der Waals surface area contributed by atoms with Gasteiger partial charge in [-0.3, -0.25) is 0 Å². The molecule has 0 amide bonds. The van der Waals surface area contributed by atoms with E-state index in [1.165, 1.54) is 0 Å². The standard InChI is InChI=1S/C12H7/c1-2-10-7-5-8-11-6-3-4-9-12(10)11/h1,3-7,9H. The molecule has 0 saturated carbocycles. The molecule has 2 aromatic carbocycles. The van der Waals surface area contributed by atoms with E-state index in [-0.39, 0.29) is 0 Å². The van der Waals surface area contributed by atoms with Gasteiger partial charge < -0.3 is 0 Å². The average molecular weight is 151 g/mol. The molecule has 55 valence electrons. The summed E-state index contributed by atoms with van der Waals surface area (Å²) in [7, 11) is 0. The molecule has 0 atom stereocenters. The number of hydrogen-bond donors (Lipinski definition) is 0. The van der Waals surface area contributed by atoms with Gasteiger partial charge >= 0.3 is 0 Å². The summed E-state index contributed by atoms with van der Waals surface area (Å²) in [6, 6.07) is 14.9. The monoisotopic (exact) mass is 151 g/mol. The van der Waals surface area contributed by atoms with Crippen molar-refractivity contribution in [2.24, 2.45) is 0 Å². The number of rotatable bonds is 0. The molecular weight excluding hydrogens is 144 g/mol. The quantitative estimate of drug-likeness (QED) is 0.508.